The minimum absolute atomic E-state index is 0.00887. The summed E-state index contributed by atoms with van der Waals surface area (Å²) in [6, 6.07) is 0. The SMILES string of the molecule is C=O.CCCCCCSCC(C)COCCOC(=O)CCN(CCCN(CCCN(C)C)CCC(=O)OCCOC(=O)C(C)CSCCCCCC)CCC(=O)OCCOC(=O)C(C)CSCCCCCC. The molecule has 0 aromatic rings. The van der Waals surface area contributed by atoms with Crippen LogP contribution < -0.4 is 0 Å². The molecule has 0 aliphatic rings. The van der Waals surface area contributed by atoms with Crippen LogP contribution in [0, 0.1) is 17.8 Å². The monoisotopic (exact) mass is 1080 g/mol. The zero-order valence-electron chi connectivity index (χ0n) is 46.6. The van der Waals surface area contributed by atoms with Gasteiger partial charge in [-0.25, -0.2) is 0 Å². The molecule has 0 N–H and O–H groups in total. The Morgan fingerprint density at radius 3 is 1.17 bits per heavy atom. The van der Waals surface area contributed by atoms with Crippen LogP contribution in [0.4, 0.5) is 0 Å². The predicted octanol–water partition coefficient (Wildman–Crippen LogP) is 9.50. The van der Waals surface area contributed by atoms with E-state index >= 15 is 0 Å². The number of carbonyl (C=O) groups excluding carboxylic acids is 6. The molecule has 0 aromatic heterocycles. The van der Waals surface area contributed by atoms with Crippen molar-refractivity contribution in [3.63, 3.8) is 0 Å². The molecule has 0 aliphatic heterocycles. The first-order valence-electron chi connectivity index (χ1n) is 27.3. The molecule has 0 radical (unpaired) electrons. The number of carbonyl (C=O) groups is 6. The maximum Gasteiger partial charge on any atom is 0.309 e. The van der Waals surface area contributed by atoms with Crippen LogP contribution in [0.2, 0.25) is 0 Å². The van der Waals surface area contributed by atoms with Crippen LogP contribution >= 0.6 is 35.3 Å². The van der Waals surface area contributed by atoms with E-state index in [9.17, 15) is 24.0 Å². The molecule has 0 amide bonds. The Hall–Kier alpha value is -2.09. The van der Waals surface area contributed by atoms with Crippen molar-refractivity contribution in [1.82, 2.24) is 14.7 Å². The summed E-state index contributed by atoms with van der Waals surface area (Å²) in [4.78, 5) is 77.8. The third kappa shape index (κ3) is 48.8. The van der Waals surface area contributed by atoms with Gasteiger partial charge >= 0.3 is 29.8 Å². The predicted molar refractivity (Wildman–Crippen MR) is 299 cm³/mol. The second kappa shape index (κ2) is 53.7. The summed E-state index contributed by atoms with van der Waals surface area (Å²) in [5.41, 5.74) is 0. The van der Waals surface area contributed by atoms with E-state index in [1.54, 1.807) is 23.5 Å². The fourth-order valence-corrected chi connectivity index (χ4v) is 10.2. The summed E-state index contributed by atoms with van der Waals surface area (Å²) in [5, 5.41) is 0. The van der Waals surface area contributed by atoms with Gasteiger partial charge in [0.15, 0.2) is 0 Å². The Balaban J connectivity index is 0. The third-order valence-electron chi connectivity index (χ3n) is 11.4. The van der Waals surface area contributed by atoms with Gasteiger partial charge in [-0.05, 0) is 101 Å². The van der Waals surface area contributed by atoms with Crippen LogP contribution in [0.15, 0.2) is 0 Å². The highest BCUT2D eigenvalue weighted by atomic mass is 32.2. The molecule has 3 atom stereocenters. The highest BCUT2D eigenvalue weighted by Gasteiger charge is 2.18. The Morgan fingerprint density at radius 1 is 0.431 bits per heavy atom. The maximum atomic E-state index is 12.8. The van der Waals surface area contributed by atoms with E-state index in [2.05, 4.69) is 42.4 Å². The highest BCUT2D eigenvalue weighted by molar-refractivity contribution is 7.99. The van der Waals surface area contributed by atoms with Gasteiger partial charge in [0.2, 0.25) is 0 Å². The van der Waals surface area contributed by atoms with Crippen LogP contribution in [0.1, 0.15) is 151 Å². The third-order valence-corrected chi connectivity index (χ3v) is 15.4. The lowest BCUT2D eigenvalue weighted by atomic mass is 10.2. The van der Waals surface area contributed by atoms with Crippen molar-refractivity contribution in [2.45, 2.75) is 151 Å². The van der Waals surface area contributed by atoms with Crippen molar-refractivity contribution in [2.24, 2.45) is 17.8 Å². The standard InChI is InChI=1S/C53H101N3O11S3.CH2O/c1-9-12-15-18-39-68-43-46(4)42-62-33-34-63-49(57)24-31-56(32-25-51(59)65-36-38-67-53(61)48(6)45-70-41-20-17-14-11-3)29-22-28-55(27-21-26-54(7)8)30-23-50(58)64-35-37-66-52(60)47(5)44-69-40-19-16-13-10-2;1-2/h46-48H,9-45H2,1-8H3;1H2. The number of esters is 5. The van der Waals surface area contributed by atoms with E-state index in [1.165, 1.54) is 70.0 Å². The number of nitrogens with zero attached hydrogens (tertiary/aromatic N) is 3. The molecule has 0 bridgehead atoms. The quantitative estimate of drug-likeness (QED) is 0.0321. The Morgan fingerprint density at radius 2 is 0.778 bits per heavy atom. The molecule has 0 fully saturated rings. The van der Waals surface area contributed by atoms with E-state index in [0.717, 1.165) is 61.8 Å². The second-order valence-electron chi connectivity index (χ2n) is 18.8. The molecule has 0 rings (SSSR count). The van der Waals surface area contributed by atoms with Gasteiger partial charge in [0, 0.05) is 31.1 Å². The minimum Gasteiger partial charge on any atom is -0.463 e. The first kappa shape index (κ1) is 72.0. The van der Waals surface area contributed by atoms with Gasteiger partial charge in [-0.1, -0.05) is 99.3 Å². The number of rotatable bonds is 51. The Kier molecular flexibility index (Phi) is 53.7. The topological polar surface area (TPSA) is 168 Å². The lowest BCUT2D eigenvalue weighted by Crippen LogP contribution is -2.35. The number of hydrogen-bond acceptors (Lipinski definition) is 18. The van der Waals surface area contributed by atoms with Crippen molar-refractivity contribution in [3.8, 4) is 0 Å². The molecule has 0 heterocycles. The fraction of sp³-hybridized carbons (Fsp3) is 0.889. The summed E-state index contributed by atoms with van der Waals surface area (Å²) in [6.07, 6.45) is 16.9. The molecular formula is C54H103N3O12S3. The Labute approximate surface area is 450 Å². The van der Waals surface area contributed by atoms with Crippen LogP contribution in [0.5, 0.6) is 0 Å². The van der Waals surface area contributed by atoms with Crippen LogP contribution in [-0.2, 0) is 57.2 Å². The number of thioether (sulfide) groups is 3. The normalized spacial score (nSPS) is 12.5. The molecule has 0 saturated heterocycles. The summed E-state index contributed by atoms with van der Waals surface area (Å²) < 4.78 is 32.9. The average molecular weight is 1080 g/mol. The minimum atomic E-state index is -0.402. The number of hydrogen-bond donors (Lipinski definition) is 0. The lowest BCUT2D eigenvalue weighted by molar-refractivity contribution is -0.154. The second-order valence-corrected chi connectivity index (χ2v) is 22.3. The molecule has 0 spiro atoms. The molecule has 0 aliphatic carbocycles. The first-order valence-corrected chi connectivity index (χ1v) is 30.8. The molecule has 0 aromatic carbocycles. The summed E-state index contributed by atoms with van der Waals surface area (Å²) in [5.74, 6) is 4.12. The van der Waals surface area contributed by atoms with E-state index in [-0.39, 0.29) is 88.0 Å². The smallest absolute Gasteiger partial charge is 0.309 e. The van der Waals surface area contributed by atoms with Crippen molar-refractivity contribution in [2.75, 3.05) is 141 Å². The molecule has 0 saturated carbocycles. The van der Waals surface area contributed by atoms with Gasteiger partial charge in [0.05, 0.1) is 44.3 Å². The van der Waals surface area contributed by atoms with Gasteiger partial charge in [-0.15, -0.1) is 0 Å². The average Bonchev–Trinajstić information content (AvgIpc) is 3.36. The maximum absolute atomic E-state index is 12.8. The van der Waals surface area contributed by atoms with Gasteiger partial charge in [0.25, 0.3) is 0 Å². The molecule has 15 nitrogen and oxygen atoms in total. The number of ether oxygens (including phenoxy) is 6. The van der Waals surface area contributed by atoms with Crippen LogP contribution in [-0.4, -0.2) is 192 Å². The molecule has 424 valence electrons. The van der Waals surface area contributed by atoms with Crippen molar-refractivity contribution < 1.29 is 57.2 Å². The summed E-state index contributed by atoms with van der Waals surface area (Å²) in [6.45, 7) is 20.0. The zero-order valence-corrected chi connectivity index (χ0v) is 49.0. The van der Waals surface area contributed by atoms with Gasteiger partial charge in [-0.3, -0.25) is 24.0 Å². The van der Waals surface area contributed by atoms with Crippen LogP contribution in [0.3, 0.4) is 0 Å². The van der Waals surface area contributed by atoms with Gasteiger partial charge in [0.1, 0.15) is 39.8 Å². The van der Waals surface area contributed by atoms with Gasteiger partial charge in [-0.2, -0.15) is 35.3 Å². The summed E-state index contributed by atoms with van der Waals surface area (Å²) >= 11 is 5.52. The molecule has 72 heavy (non-hydrogen) atoms. The largest absolute Gasteiger partial charge is 0.463 e. The highest BCUT2D eigenvalue weighted by Crippen LogP contribution is 2.16. The summed E-state index contributed by atoms with van der Waals surface area (Å²) in [7, 11) is 4.07. The Bertz CT molecular complexity index is 1310. The molecule has 18 heteroatoms. The fourth-order valence-electron chi connectivity index (χ4n) is 7.02. The van der Waals surface area contributed by atoms with E-state index in [4.69, 9.17) is 33.2 Å². The van der Waals surface area contributed by atoms with E-state index in [1.807, 2.05) is 46.5 Å². The van der Waals surface area contributed by atoms with Crippen molar-refractivity contribution in [1.29, 1.82) is 0 Å². The molecule has 3 unspecified atom stereocenters. The zero-order chi connectivity index (χ0) is 53.9. The van der Waals surface area contributed by atoms with Gasteiger partial charge < -0.3 is 47.9 Å². The van der Waals surface area contributed by atoms with Crippen LogP contribution in [0.25, 0.3) is 0 Å². The number of unbranched alkanes of at least 4 members (excludes halogenated alkanes) is 9. The molecular weight excluding hydrogens is 979 g/mol. The van der Waals surface area contributed by atoms with Crippen molar-refractivity contribution >= 4 is 71.9 Å². The van der Waals surface area contributed by atoms with E-state index < -0.39 is 5.97 Å². The van der Waals surface area contributed by atoms with Crippen molar-refractivity contribution in [3.05, 3.63) is 0 Å². The lowest BCUT2D eigenvalue weighted by Gasteiger charge is -2.26. The van der Waals surface area contributed by atoms with E-state index in [0.29, 0.717) is 57.6 Å². The first-order chi connectivity index (χ1) is 34.8.